The van der Waals surface area contributed by atoms with Crippen molar-refractivity contribution in [3.05, 3.63) is 47.7 Å². The van der Waals surface area contributed by atoms with Crippen LogP contribution in [0.2, 0.25) is 0 Å². The molecule has 0 fully saturated rings. The smallest absolute Gasteiger partial charge is 0.325 e. The van der Waals surface area contributed by atoms with Crippen LogP contribution in [0.15, 0.2) is 40.8 Å². The summed E-state index contributed by atoms with van der Waals surface area (Å²) < 4.78 is 5.54. The maximum atomic E-state index is 11.9. The summed E-state index contributed by atoms with van der Waals surface area (Å²) >= 11 is 0. The second-order valence-corrected chi connectivity index (χ2v) is 5.48. The number of nitrogens with one attached hydrogen (secondary N) is 1. The number of carbonyl (C=O) groups excluding carboxylic acids is 1. The van der Waals surface area contributed by atoms with Crippen LogP contribution in [0, 0.1) is 0 Å². The van der Waals surface area contributed by atoms with Gasteiger partial charge in [-0.05, 0) is 36.6 Å². The SMILES string of the molecule is CC(NC(=O)c1ccc(-c2cccc(C(C)C)c2)o1)C(=O)O. The van der Waals surface area contributed by atoms with Crippen molar-refractivity contribution in [1.29, 1.82) is 0 Å². The van der Waals surface area contributed by atoms with E-state index in [2.05, 4.69) is 19.2 Å². The average Bonchev–Trinajstić information content (AvgIpc) is 2.97. The average molecular weight is 301 g/mol. The van der Waals surface area contributed by atoms with Crippen LogP contribution >= 0.6 is 0 Å². The normalized spacial score (nSPS) is 12.2. The molecule has 1 amide bonds. The van der Waals surface area contributed by atoms with Gasteiger partial charge in [-0.1, -0.05) is 32.0 Å². The zero-order valence-corrected chi connectivity index (χ0v) is 12.8. The topological polar surface area (TPSA) is 79.5 Å². The largest absolute Gasteiger partial charge is 0.480 e. The standard InChI is InChI=1S/C17H19NO4/c1-10(2)12-5-4-6-13(9-12)14-7-8-15(22-14)16(19)18-11(3)17(20)21/h4-11H,1-3H3,(H,18,19)(H,20,21). The molecule has 0 aliphatic heterocycles. The van der Waals surface area contributed by atoms with Crippen LogP contribution in [0.25, 0.3) is 11.3 Å². The van der Waals surface area contributed by atoms with E-state index in [0.717, 1.165) is 5.56 Å². The van der Waals surface area contributed by atoms with Crippen molar-refractivity contribution in [2.75, 3.05) is 0 Å². The Morgan fingerprint density at radius 2 is 1.86 bits per heavy atom. The minimum Gasteiger partial charge on any atom is -0.480 e. The summed E-state index contributed by atoms with van der Waals surface area (Å²) in [6, 6.07) is 10.2. The van der Waals surface area contributed by atoms with Crippen LogP contribution in [-0.2, 0) is 4.79 Å². The molecule has 0 radical (unpaired) electrons. The quantitative estimate of drug-likeness (QED) is 0.888. The Labute approximate surface area is 129 Å². The third kappa shape index (κ3) is 3.55. The number of furan rings is 1. The zero-order chi connectivity index (χ0) is 16.3. The molecule has 1 atom stereocenters. The lowest BCUT2D eigenvalue weighted by atomic mass is 10.0. The number of carbonyl (C=O) groups is 2. The Morgan fingerprint density at radius 3 is 2.50 bits per heavy atom. The number of aliphatic carboxylic acids is 1. The lowest BCUT2D eigenvalue weighted by Crippen LogP contribution is -2.38. The van der Waals surface area contributed by atoms with Crippen molar-refractivity contribution in [2.45, 2.75) is 32.7 Å². The molecule has 0 spiro atoms. The zero-order valence-electron chi connectivity index (χ0n) is 12.8. The Hall–Kier alpha value is -2.56. The molecular formula is C17H19NO4. The number of carboxylic acid groups (broad SMARTS) is 1. The molecule has 0 saturated heterocycles. The highest BCUT2D eigenvalue weighted by Gasteiger charge is 2.18. The predicted molar refractivity (Wildman–Crippen MR) is 82.8 cm³/mol. The Morgan fingerprint density at radius 1 is 1.14 bits per heavy atom. The van der Waals surface area contributed by atoms with Crippen LogP contribution in [-0.4, -0.2) is 23.0 Å². The third-order valence-corrected chi connectivity index (χ3v) is 3.39. The van der Waals surface area contributed by atoms with Crippen molar-refractivity contribution in [2.24, 2.45) is 0 Å². The van der Waals surface area contributed by atoms with Crippen LogP contribution in [0.5, 0.6) is 0 Å². The van der Waals surface area contributed by atoms with Crippen molar-refractivity contribution < 1.29 is 19.1 Å². The van der Waals surface area contributed by atoms with E-state index in [1.165, 1.54) is 12.5 Å². The van der Waals surface area contributed by atoms with E-state index in [4.69, 9.17) is 9.52 Å². The van der Waals surface area contributed by atoms with E-state index in [9.17, 15) is 9.59 Å². The minimum atomic E-state index is -1.09. The Balaban J connectivity index is 2.19. The highest BCUT2D eigenvalue weighted by molar-refractivity contribution is 5.94. The van der Waals surface area contributed by atoms with Gasteiger partial charge in [0.2, 0.25) is 0 Å². The fraction of sp³-hybridized carbons (Fsp3) is 0.294. The molecule has 1 unspecified atom stereocenters. The monoisotopic (exact) mass is 301 g/mol. The molecular weight excluding hydrogens is 282 g/mol. The minimum absolute atomic E-state index is 0.0954. The molecule has 2 rings (SSSR count). The fourth-order valence-electron chi connectivity index (χ4n) is 2.00. The second kappa shape index (κ2) is 6.47. The van der Waals surface area contributed by atoms with Gasteiger partial charge >= 0.3 is 5.97 Å². The fourth-order valence-corrected chi connectivity index (χ4v) is 2.00. The first-order chi connectivity index (χ1) is 10.4. The third-order valence-electron chi connectivity index (χ3n) is 3.39. The highest BCUT2D eigenvalue weighted by Crippen LogP contribution is 2.25. The van der Waals surface area contributed by atoms with Gasteiger partial charge in [0.05, 0.1) is 0 Å². The van der Waals surface area contributed by atoms with Gasteiger partial charge in [0, 0.05) is 5.56 Å². The summed E-state index contributed by atoms with van der Waals surface area (Å²) in [6.07, 6.45) is 0. The molecule has 5 heteroatoms. The predicted octanol–water partition coefficient (Wildman–Crippen LogP) is 3.27. The molecule has 2 aromatic rings. The van der Waals surface area contributed by atoms with Crippen LogP contribution in [0.4, 0.5) is 0 Å². The van der Waals surface area contributed by atoms with Gasteiger partial charge in [0.1, 0.15) is 11.8 Å². The number of carboxylic acids is 1. The summed E-state index contributed by atoms with van der Waals surface area (Å²) in [5.74, 6) is -0.561. The van der Waals surface area contributed by atoms with E-state index >= 15 is 0 Å². The summed E-state index contributed by atoms with van der Waals surface area (Å²) in [6.45, 7) is 5.61. The first kappa shape index (κ1) is 15.8. The molecule has 1 aromatic heterocycles. The summed E-state index contributed by atoms with van der Waals surface area (Å²) in [5.41, 5.74) is 2.07. The van der Waals surface area contributed by atoms with Gasteiger partial charge in [0.25, 0.3) is 5.91 Å². The summed E-state index contributed by atoms with van der Waals surface area (Å²) in [5, 5.41) is 11.2. The Bertz CT molecular complexity index is 687. The van der Waals surface area contributed by atoms with Gasteiger partial charge in [-0.3, -0.25) is 9.59 Å². The Kier molecular flexibility index (Phi) is 4.65. The van der Waals surface area contributed by atoms with E-state index in [0.29, 0.717) is 11.7 Å². The molecule has 1 aromatic carbocycles. The number of hydrogen-bond acceptors (Lipinski definition) is 3. The molecule has 116 valence electrons. The number of benzene rings is 1. The van der Waals surface area contributed by atoms with Crippen LogP contribution in [0.1, 0.15) is 42.8 Å². The first-order valence-electron chi connectivity index (χ1n) is 7.12. The van der Waals surface area contributed by atoms with Crippen molar-refractivity contribution >= 4 is 11.9 Å². The van der Waals surface area contributed by atoms with Crippen LogP contribution in [0.3, 0.4) is 0 Å². The maximum Gasteiger partial charge on any atom is 0.325 e. The molecule has 1 heterocycles. The maximum absolute atomic E-state index is 11.9. The molecule has 0 aliphatic rings. The summed E-state index contributed by atoms with van der Waals surface area (Å²) in [4.78, 5) is 22.7. The van der Waals surface area contributed by atoms with Crippen molar-refractivity contribution in [1.82, 2.24) is 5.32 Å². The molecule has 0 aliphatic carbocycles. The van der Waals surface area contributed by atoms with E-state index < -0.39 is 17.9 Å². The van der Waals surface area contributed by atoms with Gasteiger partial charge in [0.15, 0.2) is 5.76 Å². The molecule has 0 saturated carbocycles. The number of hydrogen-bond donors (Lipinski definition) is 2. The van der Waals surface area contributed by atoms with Crippen molar-refractivity contribution in [3.63, 3.8) is 0 Å². The van der Waals surface area contributed by atoms with E-state index in [-0.39, 0.29) is 5.76 Å². The van der Waals surface area contributed by atoms with E-state index in [1.807, 2.05) is 24.3 Å². The van der Waals surface area contributed by atoms with Gasteiger partial charge in [-0.15, -0.1) is 0 Å². The lowest BCUT2D eigenvalue weighted by Gasteiger charge is -2.07. The van der Waals surface area contributed by atoms with Crippen molar-refractivity contribution in [3.8, 4) is 11.3 Å². The number of amides is 1. The van der Waals surface area contributed by atoms with Gasteiger partial charge in [-0.25, -0.2) is 0 Å². The lowest BCUT2D eigenvalue weighted by molar-refractivity contribution is -0.138. The molecule has 5 nitrogen and oxygen atoms in total. The van der Waals surface area contributed by atoms with Gasteiger partial charge in [-0.2, -0.15) is 0 Å². The van der Waals surface area contributed by atoms with Crippen LogP contribution < -0.4 is 5.32 Å². The molecule has 0 bridgehead atoms. The first-order valence-corrected chi connectivity index (χ1v) is 7.12. The molecule has 22 heavy (non-hydrogen) atoms. The second-order valence-electron chi connectivity index (χ2n) is 5.48. The van der Waals surface area contributed by atoms with Gasteiger partial charge < -0.3 is 14.8 Å². The molecule has 2 N–H and O–H groups in total. The number of rotatable bonds is 5. The highest BCUT2D eigenvalue weighted by atomic mass is 16.4. The van der Waals surface area contributed by atoms with E-state index in [1.54, 1.807) is 12.1 Å². The summed E-state index contributed by atoms with van der Waals surface area (Å²) in [7, 11) is 0.